The maximum atomic E-state index is 12.8. The summed E-state index contributed by atoms with van der Waals surface area (Å²) in [5.74, 6) is -2.27. The van der Waals surface area contributed by atoms with E-state index in [9.17, 15) is 18.0 Å². The Morgan fingerprint density at radius 2 is 1.70 bits per heavy atom. The van der Waals surface area contributed by atoms with Gasteiger partial charge in [0.05, 0.1) is 25.7 Å². The van der Waals surface area contributed by atoms with Gasteiger partial charge in [-0.25, -0.2) is 0 Å². The summed E-state index contributed by atoms with van der Waals surface area (Å²) in [5.41, 5.74) is 5.62. The van der Waals surface area contributed by atoms with E-state index < -0.39 is 39.5 Å². The predicted octanol–water partition coefficient (Wildman–Crippen LogP) is 1.59. The zero-order valence-electron chi connectivity index (χ0n) is 16.2. The van der Waals surface area contributed by atoms with E-state index >= 15 is 0 Å². The number of methoxy groups -OCH3 is 1. The maximum Gasteiger partial charge on any atom is 0.314 e. The fraction of sp³-hybridized carbons (Fsp3) is 0.556. The highest BCUT2D eigenvalue weighted by molar-refractivity contribution is 7.86. The van der Waals surface area contributed by atoms with E-state index in [2.05, 4.69) is 4.74 Å². The van der Waals surface area contributed by atoms with Gasteiger partial charge < -0.3 is 19.4 Å². The monoisotopic (exact) mass is 401 g/mol. The van der Waals surface area contributed by atoms with Gasteiger partial charge >= 0.3 is 22.1 Å². The third-order valence-electron chi connectivity index (χ3n) is 3.58. The summed E-state index contributed by atoms with van der Waals surface area (Å²) in [7, 11) is -2.40. The molecule has 1 aromatic carbocycles. The van der Waals surface area contributed by atoms with Crippen molar-refractivity contribution < 1.29 is 31.7 Å². The first-order chi connectivity index (χ1) is 12.4. The van der Waals surface area contributed by atoms with Crippen molar-refractivity contribution in [3.05, 3.63) is 29.8 Å². The van der Waals surface area contributed by atoms with Crippen LogP contribution in [0.3, 0.4) is 0 Å². The molecule has 0 bridgehead atoms. The van der Waals surface area contributed by atoms with Crippen molar-refractivity contribution in [2.75, 3.05) is 19.9 Å². The molecule has 2 unspecified atom stereocenters. The molecule has 0 saturated carbocycles. The third-order valence-corrected chi connectivity index (χ3v) is 4.07. The molecule has 0 spiro atoms. The second kappa shape index (κ2) is 9.18. The standard InChI is InChI=1S/C18H27NO7S/c1-18(2,3)25-17(21)16(13(11-19)10-15(20)24-4)12-6-8-14(9-7-12)26-27(5,22)23/h6-9,13,16H,10-11,19H2,1-5H3. The van der Waals surface area contributed by atoms with E-state index in [1.807, 2.05) is 0 Å². The van der Waals surface area contributed by atoms with Crippen molar-refractivity contribution >= 4 is 22.1 Å². The Balaban J connectivity index is 3.23. The molecule has 27 heavy (non-hydrogen) atoms. The number of carbonyl (C=O) groups is 2. The molecule has 0 aliphatic heterocycles. The fourth-order valence-electron chi connectivity index (χ4n) is 2.51. The number of hydrogen-bond donors (Lipinski definition) is 1. The first kappa shape index (κ1) is 22.9. The van der Waals surface area contributed by atoms with Crippen LogP contribution in [0.15, 0.2) is 24.3 Å². The number of benzene rings is 1. The van der Waals surface area contributed by atoms with Crippen LogP contribution in [0.25, 0.3) is 0 Å². The summed E-state index contributed by atoms with van der Waals surface area (Å²) in [4.78, 5) is 24.5. The van der Waals surface area contributed by atoms with Gasteiger partial charge in [0.15, 0.2) is 0 Å². The van der Waals surface area contributed by atoms with E-state index in [0.717, 1.165) is 6.26 Å². The van der Waals surface area contributed by atoms with Gasteiger partial charge in [0.1, 0.15) is 11.4 Å². The van der Waals surface area contributed by atoms with Gasteiger partial charge in [-0.3, -0.25) is 9.59 Å². The van der Waals surface area contributed by atoms with Crippen LogP contribution in [-0.2, 0) is 29.2 Å². The Hall–Kier alpha value is -2.13. The van der Waals surface area contributed by atoms with Crippen molar-refractivity contribution in [3.63, 3.8) is 0 Å². The van der Waals surface area contributed by atoms with E-state index in [1.165, 1.54) is 19.2 Å². The van der Waals surface area contributed by atoms with E-state index in [0.29, 0.717) is 5.56 Å². The summed E-state index contributed by atoms with van der Waals surface area (Å²) in [5, 5.41) is 0. The third kappa shape index (κ3) is 7.96. The van der Waals surface area contributed by atoms with E-state index in [1.54, 1.807) is 32.9 Å². The minimum absolute atomic E-state index is 0.0562. The fourth-order valence-corrected chi connectivity index (χ4v) is 2.97. The second-order valence-corrected chi connectivity index (χ2v) is 8.72. The number of hydrogen-bond acceptors (Lipinski definition) is 8. The van der Waals surface area contributed by atoms with Gasteiger partial charge in [0, 0.05) is 0 Å². The lowest BCUT2D eigenvalue weighted by Crippen LogP contribution is -2.35. The van der Waals surface area contributed by atoms with Crippen LogP contribution in [0.1, 0.15) is 38.7 Å². The minimum atomic E-state index is -3.66. The van der Waals surface area contributed by atoms with E-state index in [4.69, 9.17) is 14.7 Å². The van der Waals surface area contributed by atoms with Crippen LogP contribution in [0.2, 0.25) is 0 Å². The number of rotatable bonds is 8. The molecule has 2 N–H and O–H groups in total. The summed E-state index contributed by atoms with van der Waals surface area (Å²) < 4.78 is 37.4. The zero-order valence-corrected chi connectivity index (χ0v) is 17.0. The molecule has 0 saturated heterocycles. The lowest BCUT2D eigenvalue weighted by Gasteiger charge is -2.28. The Morgan fingerprint density at radius 3 is 2.11 bits per heavy atom. The van der Waals surface area contributed by atoms with Gasteiger partial charge in [-0.1, -0.05) is 12.1 Å². The molecule has 0 heterocycles. The van der Waals surface area contributed by atoms with E-state index in [-0.39, 0.29) is 18.7 Å². The molecule has 1 rings (SSSR count). The molecule has 8 nitrogen and oxygen atoms in total. The van der Waals surface area contributed by atoms with Gasteiger partial charge in [0.25, 0.3) is 0 Å². The first-order valence-electron chi connectivity index (χ1n) is 8.35. The molecule has 2 atom stereocenters. The number of ether oxygens (including phenoxy) is 2. The lowest BCUT2D eigenvalue weighted by molar-refractivity contribution is -0.158. The van der Waals surface area contributed by atoms with Gasteiger partial charge in [-0.05, 0) is 50.9 Å². The Bertz CT molecular complexity index is 751. The largest absolute Gasteiger partial charge is 0.469 e. The van der Waals surface area contributed by atoms with Crippen molar-refractivity contribution in [1.29, 1.82) is 0 Å². The average molecular weight is 401 g/mol. The Kier molecular flexibility index (Phi) is 7.79. The van der Waals surface area contributed by atoms with Gasteiger partial charge in [-0.2, -0.15) is 8.42 Å². The number of carbonyl (C=O) groups excluding carboxylic acids is 2. The summed E-state index contributed by atoms with van der Waals surface area (Å²) >= 11 is 0. The minimum Gasteiger partial charge on any atom is -0.469 e. The van der Waals surface area contributed by atoms with Crippen LogP contribution in [0.4, 0.5) is 0 Å². The number of nitrogens with two attached hydrogens (primary N) is 1. The van der Waals surface area contributed by atoms with Crippen LogP contribution in [-0.4, -0.2) is 45.9 Å². The first-order valence-corrected chi connectivity index (χ1v) is 10.2. The quantitative estimate of drug-likeness (QED) is 0.515. The smallest absolute Gasteiger partial charge is 0.314 e. The average Bonchev–Trinajstić information content (AvgIpc) is 2.52. The van der Waals surface area contributed by atoms with Gasteiger partial charge in [0.2, 0.25) is 0 Å². The van der Waals surface area contributed by atoms with Gasteiger partial charge in [-0.15, -0.1) is 0 Å². The molecule has 152 valence electrons. The molecular formula is C18H27NO7S. The van der Waals surface area contributed by atoms with Crippen molar-refractivity contribution in [2.24, 2.45) is 11.7 Å². The SMILES string of the molecule is COC(=O)CC(CN)C(C(=O)OC(C)(C)C)c1ccc(OS(C)(=O)=O)cc1. The second-order valence-electron chi connectivity index (χ2n) is 7.14. The normalized spacial score (nSPS) is 14.1. The van der Waals surface area contributed by atoms with Crippen LogP contribution >= 0.6 is 0 Å². The molecule has 0 aliphatic rings. The van der Waals surface area contributed by atoms with Crippen LogP contribution < -0.4 is 9.92 Å². The molecule has 9 heteroatoms. The Labute approximate surface area is 160 Å². The molecular weight excluding hydrogens is 374 g/mol. The predicted molar refractivity (Wildman–Crippen MR) is 99.7 cm³/mol. The number of esters is 2. The van der Waals surface area contributed by atoms with Crippen molar-refractivity contribution in [1.82, 2.24) is 0 Å². The molecule has 0 fully saturated rings. The molecule has 0 radical (unpaired) electrons. The Morgan fingerprint density at radius 1 is 1.15 bits per heavy atom. The highest BCUT2D eigenvalue weighted by Crippen LogP contribution is 2.31. The summed E-state index contributed by atoms with van der Waals surface area (Å²) in [6.45, 7) is 5.27. The molecule has 0 amide bonds. The summed E-state index contributed by atoms with van der Waals surface area (Å²) in [6.07, 6.45) is 0.879. The molecule has 0 aromatic heterocycles. The summed E-state index contributed by atoms with van der Waals surface area (Å²) in [6, 6.07) is 5.96. The van der Waals surface area contributed by atoms with Crippen LogP contribution in [0.5, 0.6) is 5.75 Å². The van der Waals surface area contributed by atoms with Crippen molar-refractivity contribution in [3.8, 4) is 5.75 Å². The van der Waals surface area contributed by atoms with Crippen LogP contribution in [0, 0.1) is 5.92 Å². The topological polar surface area (TPSA) is 122 Å². The zero-order chi connectivity index (χ0) is 20.8. The lowest BCUT2D eigenvalue weighted by atomic mass is 9.83. The molecule has 1 aromatic rings. The highest BCUT2D eigenvalue weighted by atomic mass is 32.2. The maximum absolute atomic E-state index is 12.8. The van der Waals surface area contributed by atoms with Crippen molar-refractivity contribution in [2.45, 2.75) is 38.7 Å². The highest BCUT2D eigenvalue weighted by Gasteiger charge is 2.34. The molecule has 0 aliphatic carbocycles.